The number of benzene rings is 1. The van der Waals surface area contributed by atoms with Crippen LogP contribution in [-0.4, -0.2) is 47.2 Å². The molecule has 0 fully saturated rings. The highest BCUT2D eigenvalue weighted by Crippen LogP contribution is 2.48. The van der Waals surface area contributed by atoms with Crippen LogP contribution in [-0.2, 0) is 4.79 Å². The second-order valence-electron chi connectivity index (χ2n) is 6.70. The molecular formula is C20H20ClN5O4. The summed E-state index contributed by atoms with van der Waals surface area (Å²) in [6.07, 6.45) is 0.234. The fourth-order valence-electron chi connectivity index (χ4n) is 3.80. The highest BCUT2D eigenvalue weighted by Gasteiger charge is 2.35. The predicted octanol–water partition coefficient (Wildman–Crippen LogP) is 3.12. The van der Waals surface area contributed by atoms with Crippen molar-refractivity contribution in [3.63, 3.8) is 0 Å². The maximum atomic E-state index is 12.6. The van der Waals surface area contributed by atoms with E-state index in [-0.39, 0.29) is 23.4 Å². The Morgan fingerprint density at radius 1 is 1.07 bits per heavy atom. The number of methoxy groups -OCH3 is 3. The van der Waals surface area contributed by atoms with Crippen LogP contribution in [0.25, 0.3) is 5.82 Å². The summed E-state index contributed by atoms with van der Waals surface area (Å²) in [5.74, 6) is 2.08. The molecule has 0 bridgehead atoms. The van der Waals surface area contributed by atoms with Gasteiger partial charge in [0.05, 0.1) is 27.0 Å². The van der Waals surface area contributed by atoms with E-state index < -0.39 is 0 Å². The van der Waals surface area contributed by atoms with Crippen LogP contribution in [0.5, 0.6) is 17.2 Å². The van der Waals surface area contributed by atoms with Gasteiger partial charge in [0.2, 0.25) is 11.7 Å². The summed E-state index contributed by atoms with van der Waals surface area (Å²) in [7, 11) is 4.67. The van der Waals surface area contributed by atoms with Gasteiger partial charge in [0.1, 0.15) is 5.82 Å². The van der Waals surface area contributed by atoms with E-state index in [1.165, 1.54) is 0 Å². The molecule has 0 saturated carbocycles. The van der Waals surface area contributed by atoms with Crippen molar-refractivity contribution in [3.8, 4) is 23.1 Å². The number of ether oxygens (including phenoxy) is 3. The number of nitrogens with one attached hydrogen (secondary N) is 1. The number of aryl methyl sites for hydroxylation is 1. The largest absolute Gasteiger partial charge is 0.493 e. The second kappa shape index (κ2) is 7.83. The van der Waals surface area contributed by atoms with Crippen molar-refractivity contribution in [2.45, 2.75) is 19.3 Å². The van der Waals surface area contributed by atoms with Crippen LogP contribution in [0, 0.1) is 6.92 Å². The first-order chi connectivity index (χ1) is 14.5. The Bertz CT molecular complexity index is 1110. The summed E-state index contributed by atoms with van der Waals surface area (Å²) in [5, 5.41) is 15.7. The third-order valence-electron chi connectivity index (χ3n) is 5.05. The molecule has 1 aliphatic heterocycles. The number of carbonyl (C=O) groups is 1. The Hall–Kier alpha value is -3.33. The monoisotopic (exact) mass is 429 g/mol. The van der Waals surface area contributed by atoms with E-state index in [1.807, 2.05) is 13.0 Å². The van der Waals surface area contributed by atoms with E-state index in [0.717, 1.165) is 16.8 Å². The molecule has 0 aliphatic carbocycles. The number of fused-ring (bicyclic) bond motifs is 1. The number of aromatic nitrogens is 4. The second-order valence-corrected chi connectivity index (χ2v) is 7.09. The first-order valence-corrected chi connectivity index (χ1v) is 9.54. The first kappa shape index (κ1) is 20.0. The van der Waals surface area contributed by atoms with Crippen LogP contribution >= 0.6 is 11.6 Å². The molecule has 3 aromatic rings. The van der Waals surface area contributed by atoms with Gasteiger partial charge in [-0.25, -0.2) is 0 Å². The van der Waals surface area contributed by atoms with Gasteiger partial charge >= 0.3 is 0 Å². The topological polar surface area (TPSA) is 100 Å². The standard InChI is InChI=1S/C20H20ClN5O4/c1-10-17-12(11-5-6-13(28-2)19(30-4)18(11)29-3)9-16(27)22-20(17)26(25-10)15-8-7-14(21)23-24-15/h5-8,12H,9H2,1-4H3,(H,22,27)/t12-/m1/s1. The third-order valence-corrected chi connectivity index (χ3v) is 5.25. The molecule has 1 aromatic carbocycles. The fraction of sp³-hybridized carbons (Fsp3) is 0.300. The van der Waals surface area contributed by atoms with E-state index in [9.17, 15) is 4.79 Å². The van der Waals surface area contributed by atoms with E-state index >= 15 is 0 Å². The highest BCUT2D eigenvalue weighted by atomic mass is 35.5. The Balaban J connectivity index is 1.90. The summed E-state index contributed by atoms with van der Waals surface area (Å²) in [6, 6.07) is 6.99. The smallest absolute Gasteiger partial charge is 0.226 e. The number of halogens is 1. The highest BCUT2D eigenvalue weighted by molar-refractivity contribution is 6.29. The molecule has 0 saturated heterocycles. The number of hydrogen-bond donors (Lipinski definition) is 1. The van der Waals surface area contributed by atoms with Crippen molar-refractivity contribution in [1.29, 1.82) is 0 Å². The molecule has 1 aliphatic rings. The zero-order chi connectivity index (χ0) is 21.4. The number of hydrogen-bond acceptors (Lipinski definition) is 7. The lowest BCUT2D eigenvalue weighted by molar-refractivity contribution is -0.116. The quantitative estimate of drug-likeness (QED) is 0.664. The van der Waals surface area contributed by atoms with Gasteiger partial charge in [0.25, 0.3) is 0 Å². The molecule has 156 valence electrons. The van der Waals surface area contributed by atoms with E-state index in [1.54, 1.807) is 44.2 Å². The number of anilines is 1. The molecule has 0 radical (unpaired) electrons. The van der Waals surface area contributed by atoms with Crippen molar-refractivity contribution >= 4 is 23.3 Å². The Labute approximate surface area is 177 Å². The summed E-state index contributed by atoms with van der Waals surface area (Å²) >= 11 is 5.85. The Morgan fingerprint density at radius 3 is 2.47 bits per heavy atom. The lowest BCUT2D eigenvalue weighted by Crippen LogP contribution is -2.25. The zero-order valence-corrected chi connectivity index (χ0v) is 17.6. The number of rotatable bonds is 5. The van der Waals surface area contributed by atoms with Gasteiger partial charge in [-0.3, -0.25) is 4.79 Å². The molecule has 10 heteroatoms. The molecular weight excluding hydrogens is 410 g/mol. The molecule has 9 nitrogen and oxygen atoms in total. The zero-order valence-electron chi connectivity index (χ0n) is 16.9. The minimum absolute atomic E-state index is 0.146. The summed E-state index contributed by atoms with van der Waals surface area (Å²) < 4.78 is 18.1. The van der Waals surface area contributed by atoms with Crippen molar-refractivity contribution in [2.24, 2.45) is 0 Å². The molecule has 1 atom stereocenters. The van der Waals surface area contributed by atoms with Gasteiger partial charge in [-0.1, -0.05) is 17.7 Å². The fourth-order valence-corrected chi connectivity index (χ4v) is 3.90. The van der Waals surface area contributed by atoms with Gasteiger partial charge in [-0.2, -0.15) is 9.78 Å². The lowest BCUT2D eigenvalue weighted by atomic mass is 9.85. The van der Waals surface area contributed by atoms with Gasteiger partial charge in [-0.15, -0.1) is 10.2 Å². The minimum atomic E-state index is -0.294. The van der Waals surface area contributed by atoms with E-state index in [2.05, 4.69) is 20.6 Å². The van der Waals surface area contributed by atoms with Gasteiger partial charge < -0.3 is 19.5 Å². The number of nitrogens with zero attached hydrogens (tertiary/aromatic N) is 4. The van der Waals surface area contributed by atoms with Crippen molar-refractivity contribution in [1.82, 2.24) is 20.0 Å². The van der Waals surface area contributed by atoms with Crippen LogP contribution in [0.4, 0.5) is 5.82 Å². The van der Waals surface area contributed by atoms with Crippen LogP contribution in [0.2, 0.25) is 5.15 Å². The third kappa shape index (κ3) is 3.21. The molecule has 1 N–H and O–H groups in total. The van der Waals surface area contributed by atoms with Crippen molar-refractivity contribution in [2.75, 3.05) is 26.6 Å². The van der Waals surface area contributed by atoms with Crippen LogP contribution < -0.4 is 19.5 Å². The molecule has 0 spiro atoms. The summed E-state index contributed by atoms with van der Waals surface area (Å²) in [4.78, 5) is 12.6. The Morgan fingerprint density at radius 2 is 1.83 bits per heavy atom. The lowest BCUT2D eigenvalue weighted by Gasteiger charge is -2.26. The van der Waals surface area contributed by atoms with Crippen molar-refractivity contribution in [3.05, 3.63) is 46.2 Å². The van der Waals surface area contributed by atoms with Crippen LogP contribution in [0.1, 0.15) is 29.2 Å². The normalized spacial score (nSPS) is 15.4. The predicted molar refractivity (Wildman–Crippen MR) is 110 cm³/mol. The van der Waals surface area contributed by atoms with Crippen molar-refractivity contribution < 1.29 is 19.0 Å². The van der Waals surface area contributed by atoms with Gasteiger partial charge in [0, 0.05) is 23.5 Å². The summed E-state index contributed by atoms with van der Waals surface area (Å²) in [6.45, 7) is 1.89. The number of amides is 1. The van der Waals surface area contributed by atoms with Gasteiger partial charge in [-0.05, 0) is 25.1 Å². The average molecular weight is 430 g/mol. The SMILES string of the molecule is COc1ccc([C@H]2CC(=O)Nc3c2c(C)nn3-c2ccc(Cl)nn2)c(OC)c1OC. The van der Waals surface area contributed by atoms with Crippen LogP contribution in [0.15, 0.2) is 24.3 Å². The van der Waals surface area contributed by atoms with Gasteiger partial charge in [0.15, 0.2) is 22.5 Å². The Kier molecular flexibility index (Phi) is 5.21. The maximum Gasteiger partial charge on any atom is 0.226 e. The average Bonchev–Trinajstić information content (AvgIpc) is 3.08. The molecule has 0 unspecified atom stereocenters. The van der Waals surface area contributed by atoms with E-state index in [0.29, 0.717) is 28.9 Å². The molecule has 2 aromatic heterocycles. The molecule has 1 amide bonds. The van der Waals surface area contributed by atoms with Crippen LogP contribution in [0.3, 0.4) is 0 Å². The summed E-state index contributed by atoms with van der Waals surface area (Å²) in [5.41, 5.74) is 2.43. The minimum Gasteiger partial charge on any atom is -0.493 e. The molecule has 30 heavy (non-hydrogen) atoms. The first-order valence-electron chi connectivity index (χ1n) is 9.16. The number of carbonyl (C=O) groups excluding carboxylic acids is 1. The molecule has 3 heterocycles. The molecule has 4 rings (SSSR count). The van der Waals surface area contributed by atoms with E-state index in [4.69, 9.17) is 25.8 Å². The maximum absolute atomic E-state index is 12.6.